The van der Waals surface area contributed by atoms with Gasteiger partial charge in [-0.15, -0.1) is 0 Å². The van der Waals surface area contributed by atoms with Gasteiger partial charge in [0.15, 0.2) is 0 Å². The summed E-state index contributed by atoms with van der Waals surface area (Å²) in [4.78, 5) is 14.5. The number of carbonyl (C=O) groups is 1. The predicted octanol–water partition coefficient (Wildman–Crippen LogP) is 2.85. The van der Waals surface area contributed by atoms with Gasteiger partial charge in [-0.25, -0.2) is 0 Å². The van der Waals surface area contributed by atoms with Crippen molar-refractivity contribution < 1.29 is 4.79 Å². The highest BCUT2D eigenvalue weighted by atomic mass is 16.2. The fraction of sp³-hybridized carbons (Fsp3) is 0.562. The van der Waals surface area contributed by atoms with E-state index in [4.69, 9.17) is 5.73 Å². The largest absolute Gasteiger partial charge is 0.399 e. The van der Waals surface area contributed by atoms with Crippen molar-refractivity contribution in [3.8, 4) is 0 Å². The smallest absolute Gasteiger partial charge is 0.227 e. The van der Waals surface area contributed by atoms with Crippen LogP contribution in [0, 0.1) is 5.92 Å². The fourth-order valence-electron chi connectivity index (χ4n) is 2.27. The van der Waals surface area contributed by atoms with Crippen LogP contribution in [0.2, 0.25) is 0 Å². The van der Waals surface area contributed by atoms with Crippen molar-refractivity contribution in [3.05, 3.63) is 29.8 Å². The third kappa shape index (κ3) is 4.27. The van der Waals surface area contributed by atoms with Gasteiger partial charge in [0.25, 0.3) is 0 Å². The van der Waals surface area contributed by atoms with Gasteiger partial charge in [-0.1, -0.05) is 26.0 Å². The molecule has 1 amide bonds. The molecule has 1 aromatic carbocycles. The van der Waals surface area contributed by atoms with Gasteiger partial charge in [-0.3, -0.25) is 4.79 Å². The molecular formula is C16H24N2O. The molecule has 0 unspecified atom stereocenters. The molecule has 1 saturated carbocycles. The van der Waals surface area contributed by atoms with Crippen LogP contribution in [0.15, 0.2) is 24.3 Å². The van der Waals surface area contributed by atoms with Crippen LogP contribution in [0.3, 0.4) is 0 Å². The maximum atomic E-state index is 12.4. The minimum Gasteiger partial charge on any atom is -0.399 e. The lowest BCUT2D eigenvalue weighted by Gasteiger charge is -2.23. The molecule has 0 aliphatic heterocycles. The summed E-state index contributed by atoms with van der Waals surface area (Å²) >= 11 is 0. The zero-order valence-electron chi connectivity index (χ0n) is 11.9. The number of benzene rings is 1. The minimum atomic E-state index is 0.244. The molecule has 2 N–H and O–H groups in total. The van der Waals surface area contributed by atoms with Gasteiger partial charge in [0.05, 0.1) is 6.42 Å². The Bertz CT molecular complexity index is 438. The molecule has 1 fully saturated rings. The molecule has 1 aliphatic carbocycles. The third-order valence-electron chi connectivity index (χ3n) is 3.56. The molecule has 0 spiro atoms. The number of rotatable bonds is 6. The van der Waals surface area contributed by atoms with Crippen LogP contribution in [0.1, 0.15) is 38.7 Å². The first-order valence-electron chi connectivity index (χ1n) is 7.20. The lowest BCUT2D eigenvalue weighted by molar-refractivity contribution is -0.131. The Kier molecular flexibility index (Phi) is 4.46. The van der Waals surface area contributed by atoms with Crippen LogP contribution < -0.4 is 5.73 Å². The highest BCUT2D eigenvalue weighted by Crippen LogP contribution is 2.28. The van der Waals surface area contributed by atoms with Crippen molar-refractivity contribution in [1.29, 1.82) is 0 Å². The van der Waals surface area contributed by atoms with Crippen LogP contribution >= 0.6 is 0 Å². The first-order chi connectivity index (χ1) is 9.06. The van der Waals surface area contributed by atoms with E-state index in [9.17, 15) is 4.79 Å². The number of amides is 1. The van der Waals surface area contributed by atoms with E-state index in [-0.39, 0.29) is 5.91 Å². The van der Waals surface area contributed by atoms with Crippen molar-refractivity contribution >= 4 is 11.6 Å². The second-order valence-electron chi connectivity index (χ2n) is 5.92. The SMILES string of the molecule is CC(C)CCN(C(=O)Cc1cccc(N)c1)C1CC1. The van der Waals surface area contributed by atoms with Crippen molar-refractivity contribution in [2.75, 3.05) is 12.3 Å². The first kappa shape index (κ1) is 13.9. The average Bonchev–Trinajstić information content (AvgIpc) is 3.13. The number of nitrogen functional groups attached to an aromatic ring is 1. The zero-order chi connectivity index (χ0) is 13.8. The maximum absolute atomic E-state index is 12.4. The molecule has 0 aromatic heterocycles. The van der Waals surface area contributed by atoms with Crippen molar-refractivity contribution in [3.63, 3.8) is 0 Å². The summed E-state index contributed by atoms with van der Waals surface area (Å²) in [6.07, 6.45) is 3.89. The summed E-state index contributed by atoms with van der Waals surface area (Å²) in [5.74, 6) is 0.884. The van der Waals surface area contributed by atoms with Crippen LogP contribution in [0.5, 0.6) is 0 Å². The molecule has 2 rings (SSSR count). The van der Waals surface area contributed by atoms with Gasteiger partial charge in [0, 0.05) is 18.3 Å². The standard InChI is InChI=1S/C16H24N2O/c1-12(2)8-9-18(15-6-7-15)16(19)11-13-4-3-5-14(17)10-13/h3-5,10,12,15H,6-9,11,17H2,1-2H3. The van der Waals surface area contributed by atoms with E-state index in [2.05, 4.69) is 18.7 Å². The fourth-order valence-corrected chi connectivity index (χ4v) is 2.27. The topological polar surface area (TPSA) is 46.3 Å². The highest BCUT2D eigenvalue weighted by molar-refractivity contribution is 5.79. The molecule has 0 heterocycles. The number of carbonyl (C=O) groups excluding carboxylic acids is 1. The summed E-state index contributed by atoms with van der Waals surface area (Å²) in [6.45, 7) is 5.30. The van der Waals surface area contributed by atoms with E-state index in [1.807, 2.05) is 24.3 Å². The maximum Gasteiger partial charge on any atom is 0.227 e. The van der Waals surface area contributed by atoms with Crippen LogP contribution in [0.25, 0.3) is 0 Å². The van der Waals surface area contributed by atoms with Crippen molar-refractivity contribution in [2.45, 2.75) is 45.6 Å². The summed E-state index contributed by atoms with van der Waals surface area (Å²) < 4.78 is 0. The number of nitrogens with zero attached hydrogens (tertiary/aromatic N) is 1. The predicted molar refractivity (Wildman–Crippen MR) is 78.7 cm³/mol. The lowest BCUT2D eigenvalue weighted by Crippen LogP contribution is -2.35. The first-order valence-corrected chi connectivity index (χ1v) is 7.20. The number of nitrogens with two attached hydrogens (primary N) is 1. The Labute approximate surface area is 115 Å². The molecule has 0 radical (unpaired) electrons. The second-order valence-corrected chi connectivity index (χ2v) is 5.92. The van der Waals surface area contributed by atoms with Crippen LogP contribution in [-0.4, -0.2) is 23.4 Å². The molecule has 19 heavy (non-hydrogen) atoms. The third-order valence-corrected chi connectivity index (χ3v) is 3.56. The van der Waals surface area contributed by atoms with E-state index in [0.717, 1.165) is 24.2 Å². The number of anilines is 1. The molecule has 1 aromatic rings. The van der Waals surface area contributed by atoms with Crippen molar-refractivity contribution in [2.24, 2.45) is 5.92 Å². The summed E-state index contributed by atoms with van der Waals surface area (Å²) in [6, 6.07) is 8.12. The van der Waals surface area contributed by atoms with Crippen molar-refractivity contribution in [1.82, 2.24) is 4.90 Å². The lowest BCUT2D eigenvalue weighted by atomic mass is 10.1. The Balaban J connectivity index is 1.95. The second kappa shape index (κ2) is 6.09. The van der Waals surface area contributed by atoms with E-state index in [1.54, 1.807) is 0 Å². The Morgan fingerprint density at radius 2 is 2.16 bits per heavy atom. The average molecular weight is 260 g/mol. The van der Waals surface area contributed by atoms with Crippen LogP contribution in [-0.2, 0) is 11.2 Å². The number of hydrogen-bond donors (Lipinski definition) is 1. The molecule has 0 bridgehead atoms. The van der Waals surface area contributed by atoms with Gasteiger partial charge in [-0.05, 0) is 42.9 Å². The normalized spacial score (nSPS) is 14.7. The van der Waals surface area contributed by atoms with Crippen LogP contribution in [0.4, 0.5) is 5.69 Å². The molecule has 3 heteroatoms. The van der Waals surface area contributed by atoms with Gasteiger partial charge in [0.1, 0.15) is 0 Å². The Hall–Kier alpha value is -1.51. The molecule has 0 atom stereocenters. The highest BCUT2D eigenvalue weighted by Gasteiger charge is 2.32. The van der Waals surface area contributed by atoms with Gasteiger partial charge >= 0.3 is 0 Å². The Morgan fingerprint density at radius 1 is 1.42 bits per heavy atom. The van der Waals surface area contributed by atoms with E-state index < -0.39 is 0 Å². The summed E-state index contributed by atoms with van der Waals surface area (Å²) in [5, 5.41) is 0. The van der Waals surface area contributed by atoms with Gasteiger partial charge in [0.2, 0.25) is 5.91 Å². The molecule has 1 aliphatic rings. The summed E-state index contributed by atoms with van der Waals surface area (Å²) in [5.41, 5.74) is 7.50. The Morgan fingerprint density at radius 3 is 2.74 bits per heavy atom. The molecule has 104 valence electrons. The van der Waals surface area contributed by atoms with Gasteiger partial charge < -0.3 is 10.6 Å². The van der Waals surface area contributed by atoms with E-state index >= 15 is 0 Å². The molecular weight excluding hydrogens is 236 g/mol. The van der Waals surface area contributed by atoms with E-state index in [0.29, 0.717) is 18.4 Å². The minimum absolute atomic E-state index is 0.244. The monoisotopic (exact) mass is 260 g/mol. The number of hydrogen-bond acceptors (Lipinski definition) is 2. The zero-order valence-corrected chi connectivity index (χ0v) is 11.9. The van der Waals surface area contributed by atoms with E-state index in [1.165, 1.54) is 12.8 Å². The molecule has 3 nitrogen and oxygen atoms in total. The summed E-state index contributed by atoms with van der Waals surface area (Å²) in [7, 11) is 0. The van der Waals surface area contributed by atoms with Gasteiger partial charge in [-0.2, -0.15) is 0 Å². The quantitative estimate of drug-likeness (QED) is 0.799. The molecule has 0 saturated heterocycles.